The Morgan fingerprint density at radius 2 is 2.03 bits per heavy atom. The molecule has 0 bridgehead atoms. The Kier molecular flexibility index (Phi) is 5.08. The van der Waals surface area contributed by atoms with Crippen LogP contribution in [0, 0.1) is 11.3 Å². The number of hydrogen-bond acceptors (Lipinski definition) is 6. The molecule has 0 saturated carbocycles. The fourth-order valence-corrected chi connectivity index (χ4v) is 4.36. The number of nitrogens with zero attached hydrogens (tertiary/aromatic N) is 3. The topological polar surface area (TPSA) is 114 Å². The standard InChI is InChI=1S/C21H16N4O4S/c22-8-11-29-16-6-7-17-19(12-16)25-10-2-1-5-18(25)20(17)21(26)24-30(27,28)14-15-4-3-9-23-13-15/h1-7,9-10,12-13H,11,14H2,(H,24,26). The van der Waals surface area contributed by atoms with Crippen LogP contribution in [0.1, 0.15) is 15.9 Å². The van der Waals surface area contributed by atoms with Crippen molar-refractivity contribution in [2.24, 2.45) is 0 Å². The highest BCUT2D eigenvalue weighted by Crippen LogP contribution is 2.30. The number of aromatic nitrogens is 2. The molecule has 0 aliphatic rings. The monoisotopic (exact) mass is 420 g/mol. The molecule has 0 aliphatic heterocycles. The zero-order chi connectivity index (χ0) is 21.1. The van der Waals surface area contributed by atoms with Crippen LogP contribution in [-0.4, -0.2) is 30.3 Å². The van der Waals surface area contributed by atoms with Crippen LogP contribution in [0.15, 0.2) is 67.1 Å². The van der Waals surface area contributed by atoms with E-state index in [-0.39, 0.29) is 17.9 Å². The summed E-state index contributed by atoms with van der Waals surface area (Å²) < 4.78 is 34.4. The van der Waals surface area contributed by atoms with Gasteiger partial charge in [-0.05, 0) is 35.9 Å². The van der Waals surface area contributed by atoms with E-state index < -0.39 is 15.9 Å². The van der Waals surface area contributed by atoms with Gasteiger partial charge in [-0.1, -0.05) is 12.1 Å². The Morgan fingerprint density at radius 1 is 1.17 bits per heavy atom. The second-order valence-corrected chi connectivity index (χ2v) is 8.23. The van der Waals surface area contributed by atoms with Crippen LogP contribution in [0.3, 0.4) is 0 Å². The zero-order valence-electron chi connectivity index (χ0n) is 15.6. The third kappa shape index (κ3) is 3.81. The molecule has 0 atom stereocenters. The minimum Gasteiger partial charge on any atom is -0.479 e. The van der Waals surface area contributed by atoms with Gasteiger partial charge in [0, 0.05) is 30.0 Å². The van der Waals surface area contributed by atoms with E-state index in [0.717, 1.165) is 0 Å². The largest absolute Gasteiger partial charge is 0.479 e. The SMILES string of the molecule is N#CCOc1ccc2c(C(=O)NS(=O)(=O)Cc3cccnc3)c3ccccn3c2c1. The number of carbonyl (C=O) groups is 1. The van der Waals surface area contributed by atoms with E-state index in [1.54, 1.807) is 65.3 Å². The first-order valence-electron chi connectivity index (χ1n) is 8.95. The van der Waals surface area contributed by atoms with Gasteiger partial charge in [0.15, 0.2) is 6.61 Å². The smallest absolute Gasteiger partial charge is 0.267 e. The molecule has 0 fully saturated rings. The van der Waals surface area contributed by atoms with Gasteiger partial charge in [-0.2, -0.15) is 5.26 Å². The summed E-state index contributed by atoms with van der Waals surface area (Å²) in [4.78, 5) is 16.9. The first-order valence-corrected chi connectivity index (χ1v) is 10.6. The van der Waals surface area contributed by atoms with E-state index in [2.05, 4.69) is 9.71 Å². The maximum absolute atomic E-state index is 13.0. The lowest BCUT2D eigenvalue weighted by molar-refractivity contribution is 0.0984. The van der Waals surface area contributed by atoms with Gasteiger partial charge in [0.05, 0.1) is 22.3 Å². The Morgan fingerprint density at radius 3 is 2.80 bits per heavy atom. The van der Waals surface area contributed by atoms with Gasteiger partial charge in [0.1, 0.15) is 11.8 Å². The van der Waals surface area contributed by atoms with Gasteiger partial charge in [-0.15, -0.1) is 0 Å². The lowest BCUT2D eigenvalue weighted by atomic mass is 10.1. The molecule has 8 nitrogen and oxygen atoms in total. The number of rotatable bonds is 6. The molecule has 0 aliphatic carbocycles. The fraction of sp³-hybridized carbons (Fsp3) is 0.0952. The third-order valence-corrected chi connectivity index (χ3v) is 5.68. The molecule has 9 heteroatoms. The average molecular weight is 420 g/mol. The molecular weight excluding hydrogens is 404 g/mol. The van der Waals surface area contributed by atoms with E-state index in [9.17, 15) is 13.2 Å². The second kappa shape index (κ2) is 7.85. The van der Waals surface area contributed by atoms with Crippen LogP contribution in [0.4, 0.5) is 0 Å². The van der Waals surface area contributed by atoms with E-state index in [1.165, 1.54) is 6.20 Å². The number of sulfonamides is 1. The van der Waals surface area contributed by atoms with Crippen LogP contribution >= 0.6 is 0 Å². The van der Waals surface area contributed by atoms with Gasteiger partial charge >= 0.3 is 0 Å². The van der Waals surface area contributed by atoms with E-state index in [1.807, 2.05) is 6.07 Å². The quantitative estimate of drug-likeness (QED) is 0.513. The number of hydrogen-bond donors (Lipinski definition) is 1. The lowest BCUT2D eigenvalue weighted by Gasteiger charge is -2.07. The Balaban J connectivity index is 1.74. The molecule has 4 aromatic rings. The van der Waals surface area contributed by atoms with Crippen molar-refractivity contribution in [3.8, 4) is 11.8 Å². The molecule has 1 aromatic carbocycles. The number of ether oxygens (including phenoxy) is 1. The number of nitriles is 1. The molecule has 0 spiro atoms. The Bertz CT molecular complexity index is 1390. The average Bonchev–Trinajstić information content (AvgIpc) is 3.06. The van der Waals surface area contributed by atoms with Crippen LogP contribution in [0.25, 0.3) is 16.4 Å². The number of amides is 1. The van der Waals surface area contributed by atoms with Crippen LogP contribution in [0.5, 0.6) is 5.75 Å². The van der Waals surface area contributed by atoms with Crippen LogP contribution in [-0.2, 0) is 15.8 Å². The summed E-state index contributed by atoms with van der Waals surface area (Å²) in [6.45, 7) is -0.102. The maximum atomic E-state index is 13.0. The van der Waals surface area contributed by atoms with Crippen molar-refractivity contribution in [1.82, 2.24) is 14.1 Å². The van der Waals surface area contributed by atoms with Crippen molar-refractivity contribution in [2.75, 3.05) is 6.61 Å². The fourth-order valence-electron chi connectivity index (χ4n) is 3.29. The van der Waals surface area contributed by atoms with Crippen molar-refractivity contribution < 1.29 is 17.9 Å². The third-order valence-electron chi connectivity index (χ3n) is 4.47. The summed E-state index contributed by atoms with van der Waals surface area (Å²) in [6, 6.07) is 15.5. The Labute approximate surface area is 172 Å². The number of benzene rings is 1. The first kappa shape index (κ1) is 19.4. The summed E-state index contributed by atoms with van der Waals surface area (Å²) in [5.74, 6) is -0.602. The van der Waals surface area contributed by atoms with Gasteiger partial charge < -0.3 is 9.14 Å². The molecular formula is C21H16N4O4S. The molecule has 0 radical (unpaired) electrons. The maximum Gasteiger partial charge on any atom is 0.267 e. The van der Waals surface area contributed by atoms with Crippen molar-refractivity contribution in [3.63, 3.8) is 0 Å². The molecule has 30 heavy (non-hydrogen) atoms. The van der Waals surface area contributed by atoms with Crippen LogP contribution in [0.2, 0.25) is 0 Å². The summed E-state index contributed by atoms with van der Waals surface area (Å²) in [5.41, 5.74) is 1.94. The molecule has 4 rings (SSSR count). The zero-order valence-corrected chi connectivity index (χ0v) is 16.5. The molecule has 3 heterocycles. The van der Waals surface area contributed by atoms with Crippen molar-refractivity contribution in [1.29, 1.82) is 5.26 Å². The minimum absolute atomic E-state index is 0.102. The predicted octanol–water partition coefficient (Wildman–Crippen LogP) is 2.65. The highest BCUT2D eigenvalue weighted by Gasteiger charge is 2.23. The highest BCUT2D eigenvalue weighted by molar-refractivity contribution is 7.89. The summed E-state index contributed by atoms with van der Waals surface area (Å²) >= 11 is 0. The normalized spacial score (nSPS) is 11.3. The predicted molar refractivity (Wildman–Crippen MR) is 110 cm³/mol. The molecule has 0 unspecified atom stereocenters. The molecule has 1 N–H and O–H groups in total. The molecule has 1 amide bonds. The molecule has 0 saturated heterocycles. The van der Waals surface area contributed by atoms with Gasteiger partial charge in [0.25, 0.3) is 5.91 Å². The number of fused-ring (bicyclic) bond motifs is 3. The van der Waals surface area contributed by atoms with E-state index >= 15 is 0 Å². The van der Waals surface area contributed by atoms with Crippen molar-refractivity contribution in [2.45, 2.75) is 5.75 Å². The molecule has 150 valence electrons. The second-order valence-electron chi connectivity index (χ2n) is 6.51. The number of carbonyl (C=O) groups excluding carboxylic acids is 1. The Hall–Kier alpha value is -3.90. The van der Waals surface area contributed by atoms with Crippen LogP contribution < -0.4 is 9.46 Å². The minimum atomic E-state index is -3.93. The van der Waals surface area contributed by atoms with Crippen molar-refractivity contribution in [3.05, 3.63) is 78.2 Å². The highest BCUT2D eigenvalue weighted by atomic mass is 32.2. The lowest BCUT2D eigenvalue weighted by Crippen LogP contribution is -2.31. The van der Waals surface area contributed by atoms with E-state index in [0.29, 0.717) is 27.7 Å². The summed E-state index contributed by atoms with van der Waals surface area (Å²) in [5, 5.41) is 9.28. The van der Waals surface area contributed by atoms with Gasteiger partial charge in [-0.3, -0.25) is 9.78 Å². The van der Waals surface area contributed by atoms with E-state index in [4.69, 9.17) is 10.00 Å². The molecule has 3 aromatic heterocycles. The summed E-state index contributed by atoms with van der Waals surface area (Å²) in [7, 11) is -3.93. The van der Waals surface area contributed by atoms with Gasteiger partial charge in [-0.25, -0.2) is 13.1 Å². The van der Waals surface area contributed by atoms with Gasteiger partial charge in [0.2, 0.25) is 10.0 Å². The van der Waals surface area contributed by atoms with Crippen molar-refractivity contribution >= 4 is 32.4 Å². The summed E-state index contributed by atoms with van der Waals surface area (Å²) in [6.07, 6.45) is 4.76. The number of nitrogens with one attached hydrogen (secondary N) is 1. The first-order chi connectivity index (χ1) is 14.5. The number of pyridine rings is 2.